The van der Waals surface area contributed by atoms with E-state index in [0.717, 1.165) is 0 Å². The number of aromatic nitrogens is 1. The molecule has 1 amide bonds. The van der Waals surface area contributed by atoms with Crippen molar-refractivity contribution in [2.24, 2.45) is 0 Å². The second-order valence-corrected chi connectivity index (χ2v) is 7.65. The largest absolute Gasteiger partial charge is 0.444 e. The molecule has 162 valence electrons. The van der Waals surface area contributed by atoms with E-state index in [9.17, 15) is 14.4 Å². The molecule has 9 heteroatoms. The molecule has 3 aromatic rings. The van der Waals surface area contributed by atoms with Crippen LogP contribution in [0.1, 0.15) is 26.3 Å². The molecular weight excluding hydrogens is 402 g/mol. The second kappa shape index (κ2) is 9.29. The SMILES string of the molecule is CC(C)(C)OC(=O)NCc1ccc2nc(NCC(=O)Oc3ccccc3)oc(=O)c2c1. The number of para-hydroxylation sites is 1. The van der Waals surface area contributed by atoms with Crippen molar-refractivity contribution >= 4 is 29.0 Å². The molecule has 2 aromatic carbocycles. The van der Waals surface area contributed by atoms with E-state index in [1.807, 2.05) is 6.07 Å². The van der Waals surface area contributed by atoms with Gasteiger partial charge in [0.05, 0.1) is 10.9 Å². The maximum atomic E-state index is 12.3. The normalized spacial score (nSPS) is 11.1. The number of esters is 1. The summed E-state index contributed by atoms with van der Waals surface area (Å²) in [5.74, 6) is -0.144. The van der Waals surface area contributed by atoms with Gasteiger partial charge in [-0.15, -0.1) is 0 Å². The first-order valence-corrected chi connectivity index (χ1v) is 9.60. The van der Waals surface area contributed by atoms with Gasteiger partial charge in [0.25, 0.3) is 6.01 Å². The van der Waals surface area contributed by atoms with E-state index in [4.69, 9.17) is 13.9 Å². The average molecular weight is 425 g/mol. The lowest BCUT2D eigenvalue weighted by Gasteiger charge is -2.19. The Morgan fingerprint density at radius 3 is 2.55 bits per heavy atom. The molecule has 1 aromatic heterocycles. The number of nitrogens with zero attached hydrogens (tertiary/aromatic N) is 1. The Morgan fingerprint density at radius 2 is 1.84 bits per heavy atom. The van der Waals surface area contributed by atoms with Crippen LogP contribution in [-0.4, -0.2) is 29.2 Å². The highest BCUT2D eigenvalue weighted by atomic mass is 16.6. The lowest BCUT2D eigenvalue weighted by Crippen LogP contribution is -2.32. The number of anilines is 1. The minimum atomic E-state index is -0.622. The summed E-state index contributed by atoms with van der Waals surface area (Å²) in [5, 5.41) is 5.52. The van der Waals surface area contributed by atoms with Crippen molar-refractivity contribution in [3.8, 4) is 5.75 Å². The van der Waals surface area contributed by atoms with Crippen molar-refractivity contribution in [2.75, 3.05) is 11.9 Å². The van der Waals surface area contributed by atoms with E-state index in [1.54, 1.807) is 63.2 Å². The van der Waals surface area contributed by atoms with Gasteiger partial charge in [-0.25, -0.2) is 14.4 Å². The van der Waals surface area contributed by atoms with Gasteiger partial charge >= 0.3 is 17.7 Å². The van der Waals surface area contributed by atoms with Gasteiger partial charge in [-0.3, -0.25) is 0 Å². The van der Waals surface area contributed by atoms with Crippen LogP contribution in [0.25, 0.3) is 10.9 Å². The minimum absolute atomic E-state index is 0.0952. The minimum Gasteiger partial charge on any atom is -0.444 e. The van der Waals surface area contributed by atoms with Crippen LogP contribution in [0, 0.1) is 0 Å². The van der Waals surface area contributed by atoms with Crippen LogP contribution in [0.4, 0.5) is 10.8 Å². The molecule has 0 aliphatic heterocycles. The van der Waals surface area contributed by atoms with E-state index in [-0.39, 0.29) is 24.5 Å². The topological polar surface area (TPSA) is 120 Å². The van der Waals surface area contributed by atoms with Gasteiger partial charge in [0.2, 0.25) is 0 Å². The van der Waals surface area contributed by atoms with Crippen molar-refractivity contribution in [3.63, 3.8) is 0 Å². The Bertz CT molecular complexity index is 1140. The molecule has 0 bridgehead atoms. The van der Waals surface area contributed by atoms with Gasteiger partial charge in [0, 0.05) is 6.54 Å². The number of hydrogen-bond donors (Lipinski definition) is 2. The van der Waals surface area contributed by atoms with Crippen LogP contribution >= 0.6 is 0 Å². The molecule has 0 spiro atoms. The van der Waals surface area contributed by atoms with Crippen LogP contribution in [0.3, 0.4) is 0 Å². The summed E-state index contributed by atoms with van der Waals surface area (Å²) >= 11 is 0. The zero-order chi connectivity index (χ0) is 22.4. The van der Waals surface area contributed by atoms with Crippen LogP contribution in [0.5, 0.6) is 5.75 Å². The molecule has 9 nitrogen and oxygen atoms in total. The van der Waals surface area contributed by atoms with Gasteiger partial charge in [0.15, 0.2) is 0 Å². The molecule has 3 rings (SSSR count). The molecule has 0 saturated heterocycles. The number of amides is 1. The zero-order valence-corrected chi connectivity index (χ0v) is 17.4. The van der Waals surface area contributed by atoms with Crippen LogP contribution in [0.2, 0.25) is 0 Å². The molecule has 0 atom stereocenters. The summed E-state index contributed by atoms with van der Waals surface area (Å²) in [5.41, 5.74) is -0.158. The van der Waals surface area contributed by atoms with Crippen molar-refractivity contribution in [1.29, 1.82) is 0 Å². The molecule has 31 heavy (non-hydrogen) atoms. The fraction of sp³-hybridized carbons (Fsp3) is 0.273. The molecule has 0 saturated carbocycles. The summed E-state index contributed by atoms with van der Waals surface area (Å²) in [7, 11) is 0. The molecule has 0 radical (unpaired) electrons. The van der Waals surface area contributed by atoms with E-state index in [0.29, 0.717) is 16.8 Å². The molecule has 2 N–H and O–H groups in total. The quantitative estimate of drug-likeness (QED) is 0.456. The highest BCUT2D eigenvalue weighted by Crippen LogP contribution is 2.14. The standard InChI is InChI=1S/C22H23N3O6/c1-22(2,3)31-21(28)24-12-14-9-10-17-16(11-14)19(27)30-20(25-17)23-13-18(26)29-15-7-5-4-6-8-15/h4-11H,12-13H2,1-3H3,(H,23,25)(H,24,28). The Kier molecular flexibility index (Phi) is 6.54. The fourth-order valence-corrected chi connectivity index (χ4v) is 2.60. The Balaban J connectivity index is 1.63. The number of benzene rings is 2. The van der Waals surface area contributed by atoms with E-state index in [2.05, 4.69) is 15.6 Å². The first kappa shape index (κ1) is 21.8. The average Bonchev–Trinajstić information content (AvgIpc) is 2.70. The van der Waals surface area contributed by atoms with Crippen molar-refractivity contribution in [3.05, 3.63) is 64.5 Å². The number of ether oxygens (including phenoxy) is 2. The van der Waals surface area contributed by atoms with E-state index >= 15 is 0 Å². The third-order valence-electron chi connectivity index (χ3n) is 3.89. The van der Waals surface area contributed by atoms with Crippen molar-refractivity contribution in [2.45, 2.75) is 32.9 Å². The van der Waals surface area contributed by atoms with Crippen LogP contribution in [0.15, 0.2) is 57.7 Å². The number of carbonyl (C=O) groups is 2. The lowest BCUT2D eigenvalue weighted by molar-refractivity contribution is -0.132. The van der Waals surface area contributed by atoms with Gasteiger partial charge in [-0.05, 0) is 50.6 Å². The molecule has 0 aliphatic carbocycles. The molecule has 1 heterocycles. The summed E-state index contributed by atoms with van der Waals surface area (Å²) in [6, 6.07) is 13.5. The smallest absolute Gasteiger partial charge is 0.407 e. The summed E-state index contributed by atoms with van der Waals surface area (Å²) in [6.45, 7) is 5.26. The lowest BCUT2D eigenvalue weighted by atomic mass is 10.1. The van der Waals surface area contributed by atoms with Crippen molar-refractivity contribution < 1.29 is 23.5 Å². The predicted molar refractivity (Wildman–Crippen MR) is 114 cm³/mol. The molecule has 0 aliphatic rings. The Morgan fingerprint density at radius 1 is 1.10 bits per heavy atom. The number of carbonyl (C=O) groups excluding carboxylic acids is 2. The second-order valence-electron chi connectivity index (χ2n) is 7.65. The Labute approximate surface area is 178 Å². The number of rotatable bonds is 6. The highest BCUT2D eigenvalue weighted by molar-refractivity contribution is 5.80. The maximum Gasteiger partial charge on any atom is 0.407 e. The van der Waals surface area contributed by atoms with Gasteiger partial charge in [-0.1, -0.05) is 24.3 Å². The number of nitrogens with one attached hydrogen (secondary N) is 2. The highest BCUT2D eigenvalue weighted by Gasteiger charge is 2.16. The third-order valence-corrected chi connectivity index (χ3v) is 3.89. The summed E-state index contributed by atoms with van der Waals surface area (Å²) in [6.07, 6.45) is -0.556. The molecule has 0 fully saturated rings. The van der Waals surface area contributed by atoms with E-state index < -0.39 is 23.3 Å². The van der Waals surface area contributed by atoms with Gasteiger partial charge in [0.1, 0.15) is 17.9 Å². The number of fused-ring (bicyclic) bond motifs is 1. The summed E-state index contributed by atoms with van der Waals surface area (Å²) < 4.78 is 15.5. The van der Waals surface area contributed by atoms with Crippen LogP contribution < -0.4 is 21.0 Å². The number of hydrogen-bond acceptors (Lipinski definition) is 8. The monoisotopic (exact) mass is 425 g/mol. The molecule has 0 unspecified atom stereocenters. The molecular formula is C22H23N3O6. The predicted octanol–water partition coefficient (Wildman–Crippen LogP) is 3.23. The zero-order valence-electron chi connectivity index (χ0n) is 17.4. The van der Waals surface area contributed by atoms with E-state index in [1.165, 1.54) is 0 Å². The van der Waals surface area contributed by atoms with Gasteiger partial charge < -0.3 is 24.5 Å². The number of alkyl carbamates (subject to hydrolysis) is 1. The Hall–Kier alpha value is -3.88. The fourth-order valence-electron chi connectivity index (χ4n) is 2.60. The maximum absolute atomic E-state index is 12.3. The summed E-state index contributed by atoms with van der Waals surface area (Å²) in [4.78, 5) is 40.2. The first-order chi connectivity index (χ1) is 14.7. The van der Waals surface area contributed by atoms with Gasteiger partial charge in [-0.2, -0.15) is 4.98 Å². The van der Waals surface area contributed by atoms with Crippen molar-refractivity contribution in [1.82, 2.24) is 10.3 Å². The van der Waals surface area contributed by atoms with Crippen LogP contribution in [-0.2, 0) is 16.1 Å². The third kappa shape index (κ3) is 6.56. The first-order valence-electron chi connectivity index (χ1n) is 9.60.